The lowest BCUT2D eigenvalue weighted by molar-refractivity contribution is -0.143. The van der Waals surface area contributed by atoms with Crippen LogP contribution in [-0.2, 0) is 16.0 Å². The molecule has 3 nitrogen and oxygen atoms in total. The van der Waals surface area contributed by atoms with Crippen LogP contribution in [0.15, 0.2) is 27.5 Å². The second-order valence-corrected chi connectivity index (χ2v) is 6.51. The maximum Gasteiger partial charge on any atom is 0.313 e. The first-order valence-corrected chi connectivity index (χ1v) is 8.86. The van der Waals surface area contributed by atoms with Gasteiger partial charge in [-0.3, -0.25) is 4.79 Å². The molecule has 1 heterocycles. The van der Waals surface area contributed by atoms with Gasteiger partial charge in [-0.2, -0.15) is 0 Å². The zero-order valence-electron chi connectivity index (χ0n) is 11.6. The SMILES string of the molecule is CCCCOC(=O)Cc1oc2ccc(I)cc2c1SC. The molecule has 0 bridgehead atoms. The summed E-state index contributed by atoms with van der Waals surface area (Å²) in [6.07, 6.45) is 4.12. The van der Waals surface area contributed by atoms with E-state index in [1.807, 2.05) is 18.4 Å². The van der Waals surface area contributed by atoms with Crippen LogP contribution < -0.4 is 0 Å². The Morgan fingerprint density at radius 2 is 2.25 bits per heavy atom. The number of rotatable bonds is 6. The van der Waals surface area contributed by atoms with Gasteiger partial charge in [0, 0.05) is 8.96 Å². The molecule has 0 aliphatic carbocycles. The van der Waals surface area contributed by atoms with Crippen LogP contribution in [0.5, 0.6) is 0 Å². The minimum Gasteiger partial charge on any atom is -0.465 e. The first-order valence-electron chi connectivity index (χ1n) is 6.56. The minimum absolute atomic E-state index is 0.200. The number of ether oxygens (including phenoxy) is 1. The smallest absolute Gasteiger partial charge is 0.313 e. The molecule has 108 valence electrons. The number of carbonyl (C=O) groups is 1. The summed E-state index contributed by atoms with van der Waals surface area (Å²) in [7, 11) is 0. The van der Waals surface area contributed by atoms with Crippen LogP contribution >= 0.6 is 34.4 Å². The van der Waals surface area contributed by atoms with Crippen molar-refractivity contribution < 1.29 is 13.9 Å². The summed E-state index contributed by atoms with van der Waals surface area (Å²) in [5.41, 5.74) is 0.825. The molecule has 0 aliphatic heterocycles. The fourth-order valence-corrected chi connectivity index (χ4v) is 3.16. The van der Waals surface area contributed by atoms with Gasteiger partial charge in [0.2, 0.25) is 0 Å². The molecular weight excluding hydrogens is 387 g/mol. The molecule has 1 aromatic heterocycles. The van der Waals surface area contributed by atoms with E-state index in [0.29, 0.717) is 12.4 Å². The van der Waals surface area contributed by atoms with Gasteiger partial charge in [-0.1, -0.05) is 13.3 Å². The Hall–Kier alpha value is -0.690. The Morgan fingerprint density at radius 1 is 1.45 bits per heavy atom. The highest BCUT2D eigenvalue weighted by Gasteiger charge is 2.17. The first kappa shape index (κ1) is 15.7. The topological polar surface area (TPSA) is 39.4 Å². The Balaban J connectivity index is 2.19. The molecule has 20 heavy (non-hydrogen) atoms. The van der Waals surface area contributed by atoms with Gasteiger partial charge in [-0.05, 0) is 53.5 Å². The van der Waals surface area contributed by atoms with Crippen molar-refractivity contribution in [2.75, 3.05) is 12.9 Å². The maximum absolute atomic E-state index is 11.8. The zero-order chi connectivity index (χ0) is 14.5. The van der Waals surface area contributed by atoms with Gasteiger partial charge in [0.15, 0.2) is 0 Å². The molecule has 5 heteroatoms. The maximum atomic E-state index is 11.8. The van der Waals surface area contributed by atoms with Crippen molar-refractivity contribution in [1.82, 2.24) is 0 Å². The Bertz CT molecular complexity index is 606. The molecule has 1 aromatic carbocycles. The predicted octanol–water partition coefficient (Wildman–Crippen LogP) is 4.65. The van der Waals surface area contributed by atoms with E-state index in [4.69, 9.17) is 9.15 Å². The lowest BCUT2D eigenvalue weighted by Crippen LogP contribution is -2.08. The number of hydrogen-bond donors (Lipinski definition) is 0. The second kappa shape index (κ2) is 7.36. The van der Waals surface area contributed by atoms with E-state index in [-0.39, 0.29) is 12.4 Å². The molecule has 0 saturated carbocycles. The molecule has 0 spiro atoms. The van der Waals surface area contributed by atoms with Crippen molar-refractivity contribution in [3.63, 3.8) is 0 Å². The number of hydrogen-bond acceptors (Lipinski definition) is 4. The molecule has 0 amide bonds. The molecule has 0 unspecified atom stereocenters. The van der Waals surface area contributed by atoms with Gasteiger partial charge < -0.3 is 9.15 Å². The standard InChI is InChI=1S/C15H17IO3S/c1-3-4-7-18-14(17)9-13-15(20-2)11-8-10(16)5-6-12(11)19-13/h5-6,8H,3-4,7,9H2,1-2H3. The highest BCUT2D eigenvalue weighted by atomic mass is 127. The third-order valence-electron chi connectivity index (χ3n) is 2.94. The molecule has 0 N–H and O–H groups in total. The Kier molecular flexibility index (Phi) is 5.77. The summed E-state index contributed by atoms with van der Waals surface area (Å²) in [5.74, 6) is 0.485. The van der Waals surface area contributed by atoms with Crippen LogP contribution in [0.1, 0.15) is 25.5 Å². The second-order valence-electron chi connectivity index (χ2n) is 4.45. The lowest BCUT2D eigenvalue weighted by Gasteiger charge is -2.03. The Morgan fingerprint density at radius 3 is 2.95 bits per heavy atom. The van der Waals surface area contributed by atoms with E-state index in [2.05, 4.69) is 35.6 Å². The number of carbonyl (C=O) groups excluding carboxylic acids is 1. The predicted molar refractivity (Wildman–Crippen MR) is 90.3 cm³/mol. The van der Waals surface area contributed by atoms with E-state index >= 15 is 0 Å². The fraction of sp³-hybridized carbons (Fsp3) is 0.400. The molecule has 0 saturated heterocycles. The zero-order valence-corrected chi connectivity index (χ0v) is 14.5. The van der Waals surface area contributed by atoms with Crippen molar-refractivity contribution in [3.05, 3.63) is 27.5 Å². The molecule has 0 atom stereocenters. The normalized spacial score (nSPS) is 10.9. The van der Waals surface area contributed by atoms with Crippen molar-refractivity contribution in [2.24, 2.45) is 0 Å². The average Bonchev–Trinajstić information content (AvgIpc) is 2.75. The van der Waals surface area contributed by atoms with Gasteiger partial charge >= 0.3 is 5.97 Å². The third kappa shape index (κ3) is 3.69. The summed E-state index contributed by atoms with van der Waals surface area (Å²) < 4.78 is 12.1. The lowest BCUT2D eigenvalue weighted by atomic mass is 10.2. The van der Waals surface area contributed by atoms with Crippen molar-refractivity contribution in [3.8, 4) is 0 Å². The summed E-state index contributed by atoms with van der Waals surface area (Å²) in [6, 6.07) is 6.03. The number of benzene rings is 1. The van der Waals surface area contributed by atoms with Gasteiger partial charge in [0.1, 0.15) is 17.8 Å². The van der Waals surface area contributed by atoms with Crippen LogP contribution in [0.2, 0.25) is 0 Å². The van der Waals surface area contributed by atoms with E-state index in [0.717, 1.165) is 32.3 Å². The molecule has 0 fully saturated rings. The summed E-state index contributed by atoms with van der Waals surface area (Å²) in [6.45, 7) is 2.56. The molecular formula is C15H17IO3S. The van der Waals surface area contributed by atoms with Crippen LogP contribution in [0.4, 0.5) is 0 Å². The highest BCUT2D eigenvalue weighted by Crippen LogP contribution is 2.34. The Labute approximate surface area is 136 Å². The van der Waals surface area contributed by atoms with Crippen LogP contribution in [0.25, 0.3) is 11.0 Å². The van der Waals surface area contributed by atoms with E-state index < -0.39 is 0 Å². The van der Waals surface area contributed by atoms with Crippen LogP contribution in [0, 0.1) is 3.57 Å². The summed E-state index contributed by atoms with van der Waals surface area (Å²) in [5, 5.41) is 1.07. The molecule has 0 radical (unpaired) electrons. The number of fused-ring (bicyclic) bond motifs is 1. The number of esters is 1. The van der Waals surface area contributed by atoms with E-state index in [1.54, 1.807) is 11.8 Å². The fourth-order valence-electron chi connectivity index (χ4n) is 1.95. The van der Waals surface area contributed by atoms with E-state index in [9.17, 15) is 4.79 Å². The van der Waals surface area contributed by atoms with Crippen LogP contribution in [0.3, 0.4) is 0 Å². The number of thioether (sulfide) groups is 1. The number of halogens is 1. The average molecular weight is 404 g/mol. The van der Waals surface area contributed by atoms with Crippen molar-refractivity contribution in [1.29, 1.82) is 0 Å². The van der Waals surface area contributed by atoms with Crippen LogP contribution in [-0.4, -0.2) is 18.8 Å². The highest BCUT2D eigenvalue weighted by molar-refractivity contribution is 14.1. The summed E-state index contributed by atoms with van der Waals surface area (Å²) in [4.78, 5) is 12.8. The number of furan rings is 1. The van der Waals surface area contributed by atoms with Gasteiger partial charge in [0.05, 0.1) is 11.5 Å². The van der Waals surface area contributed by atoms with Gasteiger partial charge in [-0.15, -0.1) is 11.8 Å². The van der Waals surface area contributed by atoms with Gasteiger partial charge in [-0.25, -0.2) is 0 Å². The quantitative estimate of drug-likeness (QED) is 0.304. The third-order valence-corrected chi connectivity index (χ3v) is 4.47. The largest absolute Gasteiger partial charge is 0.465 e. The van der Waals surface area contributed by atoms with Crippen molar-refractivity contribution >= 4 is 51.3 Å². The number of unbranched alkanes of at least 4 members (excludes halogenated alkanes) is 1. The first-order chi connectivity index (χ1) is 9.65. The molecule has 2 aromatic rings. The van der Waals surface area contributed by atoms with Gasteiger partial charge in [0.25, 0.3) is 0 Å². The van der Waals surface area contributed by atoms with E-state index in [1.165, 1.54) is 0 Å². The monoisotopic (exact) mass is 404 g/mol. The minimum atomic E-state index is -0.220. The molecule has 2 rings (SSSR count). The molecule has 0 aliphatic rings. The van der Waals surface area contributed by atoms with Crippen molar-refractivity contribution in [2.45, 2.75) is 31.1 Å². The summed E-state index contributed by atoms with van der Waals surface area (Å²) >= 11 is 3.88.